The monoisotopic (exact) mass is 342 g/mol. The first-order valence-electron chi connectivity index (χ1n) is 8.65. The van der Waals surface area contributed by atoms with E-state index in [9.17, 15) is 9.59 Å². The van der Waals surface area contributed by atoms with E-state index >= 15 is 0 Å². The Morgan fingerprint density at radius 3 is 2.44 bits per heavy atom. The van der Waals surface area contributed by atoms with E-state index in [-0.39, 0.29) is 18.4 Å². The number of rotatable bonds is 8. The van der Waals surface area contributed by atoms with Gasteiger partial charge in [-0.25, -0.2) is 0 Å². The van der Waals surface area contributed by atoms with Crippen molar-refractivity contribution in [1.29, 1.82) is 0 Å². The maximum absolute atomic E-state index is 12.7. The number of carbonyl (C=O) groups is 2. The van der Waals surface area contributed by atoms with Gasteiger partial charge in [0.15, 0.2) is 0 Å². The summed E-state index contributed by atoms with van der Waals surface area (Å²) >= 11 is 0. The molecular formula is C20H26N2O3. The zero-order valence-electron chi connectivity index (χ0n) is 15.1. The van der Waals surface area contributed by atoms with E-state index < -0.39 is 5.97 Å². The van der Waals surface area contributed by atoms with Gasteiger partial charge < -0.3 is 15.0 Å². The first kappa shape index (κ1) is 18.8. The van der Waals surface area contributed by atoms with Crippen LogP contribution in [0.2, 0.25) is 0 Å². The second-order valence-corrected chi connectivity index (χ2v) is 6.32. The molecular weight excluding hydrogens is 316 g/mol. The highest BCUT2D eigenvalue weighted by molar-refractivity contribution is 5.96. The predicted octanol–water partition coefficient (Wildman–Crippen LogP) is 3.33. The van der Waals surface area contributed by atoms with Crippen LogP contribution in [0.1, 0.15) is 47.1 Å². The SMILES string of the molecule is CCn1c(C)cc(C(=O)NC(CCC(=O)O)Cc2ccccc2)c1C. The van der Waals surface area contributed by atoms with Crippen LogP contribution in [0, 0.1) is 13.8 Å². The molecule has 0 radical (unpaired) electrons. The molecule has 0 saturated carbocycles. The number of carboxylic acid groups (broad SMARTS) is 1. The van der Waals surface area contributed by atoms with E-state index in [1.165, 1.54) is 0 Å². The summed E-state index contributed by atoms with van der Waals surface area (Å²) in [5, 5.41) is 12.0. The molecule has 5 nitrogen and oxygen atoms in total. The van der Waals surface area contributed by atoms with Crippen LogP contribution in [0.5, 0.6) is 0 Å². The summed E-state index contributed by atoms with van der Waals surface area (Å²) < 4.78 is 2.10. The minimum absolute atomic E-state index is 0.0335. The largest absolute Gasteiger partial charge is 0.481 e. The normalized spacial score (nSPS) is 12.0. The molecule has 1 unspecified atom stereocenters. The fraction of sp³-hybridized carbons (Fsp3) is 0.400. The van der Waals surface area contributed by atoms with Gasteiger partial charge in [-0.2, -0.15) is 0 Å². The Labute approximate surface area is 148 Å². The molecule has 1 atom stereocenters. The van der Waals surface area contributed by atoms with E-state index in [0.29, 0.717) is 18.4 Å². The molecule has 2 rings (SSSR count). The highest BCUT2D eigenvalue weighted by Gasteiger charge is 2.19. The van der Waals surface area contributed by atoms with Gasteiger partial charge >= 0.3 is 5.97 Å². The Balaban J connectivity index is 2.14. The van der Waals surface area contributed by atoms with Gasteiger partial charge in [-0.3, -0.25) is 9.59 Å². The topological polar surface area (TPSA) is 71.3 Å². The number of hydrogen-bond acceptors (Lipinski definition) is 2. The van der Waals surface area contributed by atoms with E-state index in [1.807, 2.05) is 57.2 Å². The summed E-state index contributed by atoms with van der Waals surface area (Å²) in [4.78, 5) is 23.7. The molecule has 0 aliphatic rings. The van der Waals surface area contributed by atoms with Crippen molar-refractivity contribution >= 4 is 11.9 Å². The summed E-state index contributed by atoms with van der Waals surface area (Å²) in [7, 11) is 0. The molecule has 2 N–H and O–H groups in total. The third-order valence-corrected chi connectivity index (χ3v) is 4.50. The molecule has 25 heavy (non-hydrogen) atoms. The Hall–Kier alpha value is -2.56. The number of aryl methyl sites for hydroxylation is 1. The maximum atomic E-state index is 12.7. The van der Waals surface area contributed by atoms with Gasteiger partial charge in [0.25, 0.3) is 5.91 Å². The van der Waals surface area contributed by atoms with Crippen LogP contribution in [0.25, 0.3) is 0 Å². The van der Waals surface area contributed by atoms with Gasteiger partial charge in [0.2, 0.25) is 0 Å². The number of nitrogens with zero attached hydrogens (tertiary/aromatic N) is 1. The molecule has 1 aromatic heterocycles. The van der Waals surface area contributed by atoms with Crippen molar-refractivity contribution in [2.75, 3.05) is 0 Å². The third kappa shape index (κ3) is 4.95. The standard InChI is InChI=1S/C20H26N2O3/c1-4-22-14(2)12-18(15(22)3)20(25)21-17(10-11-19(23)24)13-16-8-6-5-7-9-16/h5-9,12,17H,4,10-11,13H2,1-3H3,(H,21,25)(H,23,24). The summed E-state index contributed by atoms with van der Waals surface area (Å²) in [6, 6.07) is 11.5. The van der Waals surface area contributed by atoms with Crippen LogP contribution in [0.15, 0.2) is 36.4 Å². The second kappa shape index (κ2) is 8.51. The fourth-order valence-corrected chi connectivity index (χ4v) is 3.20. The highest BCUT2D eigenvalue weighted by atomic mass is 16.4. The van der Waals surface area contributed by atoms with Crippen LogP contribution in [-0.4, -0.2) is 27.6 Å². The zero-order chi connectivity index (χ0) is 18.4. The molecule has 1 amide bonds. The van der Waals surface area contributed by atoms with Gasteiger partial charge in [-0.05, 0) is 45.2 Å². The molecule has 1 aromatic carbocycles. The average molecular weight is 342 g/mol. The summed E-state index contributed by atoms with van der Waals surface area (Å²) in [5.41, 5.74) is 3.73. The number of amides is 1. The van der Waals surface area contributed by atoms with Crippen molar-refractivity contribution in [3.63, 3.8) is 0 Å². The van der Waals surface area contributed by atoms with Crippen molar-refractivity contribution in [2.24, 2.45) is 0 Å². The van der Waals surface area contributed by atoms with Gasteiger partial charge in [0, 0.05) is 30.4 Å². The number of nitrogens with one attached hydrogen (secondary N) is 1. The Kier molecular flexibility index (Phi) is 6.39. The van der Waals surface area contributed by atoms with Crippen molar-refractivity contribution in [2.45, 2.75) is 52.6 Å². The number of benzene rings is 1. The third-order valence-electron chi connectivity index (χ3n) is 4.50. The van der Waals surface area contributed by atoms with Crippen LogP contribution in [0.4, 0.5) is 0 Å². The number of carboxylic acids is 1. The smallest absolute Gasteiger partial charge is 0.303 e. The fourth-order valence-electron chi connectivity index (χ4n) is 3.20. The Morgan fingerprint density at radius 2 is 1.88 bits per heavy atom. The Morgan fingerprint density at radius 1 is 1.20 bits per heavy atom. The lowest BCUT2D eigenvalue weighted by molar-refractivity contribution is -0.137. The number of aliphatic carboxylic acids is 1. The molecule has 0 aliphatic carbocycles. The van der Waals surface area contributed by atoms with Gasteiger partial charge in [0.1, 0.15) is 0 Å². The average Bonchev–Trinajstić information content (AvgIpc) is 2.87. The summed E-state index contributed by atoms with van der Waals surface area (Å²) in [6.45, 7) is 6.79. The number of hydrogen-bond donors (Lipinski definition) is 2. The first-order valence-corrected chi connectivity index (χ1v) is 8.65. The van der Waals surface area contributed by atoms with E-state index in [2.05, 4.69) is 9.88 Å². The molecule has 134 valence electrons. The van der Waals surface area contributed by atoms with Gasteiger partial charge in [0.05, 0.1) is 5.56 Å². The van der Waals surface area contributed by atoms with Crippen molar-refractivity contribution in [3.8, 4) is 0 Å². The number of carbonyl (C=O) groups excluding carboxylic acids is 1. The van der Waals surface area contributed by atoms with Crippen molar-refractivity contribution in [3.05, 3.63) is 58.9 Å². The molecule has 0 saturated heterocycles. The lowest BCUT2D eigenvalue weighted by atomic mass is 10.0. The van der Waals surface area contributed by atoms with Crippen LogP contribution >= 0.6 is 0 Å². The van der Waals surface area contributed by atoms with Crippen molar-refractivity contribution in [1.82, 2.24) is 9.88 Å². The first-order chi connectivity index (χ1) is 11.9. The van der Waals surface area contributed by atoms with E-state index in [1.54, 1.807) is 0 Å². The van der Waals surface area contributed by atoms with Crippen LogP contribution < -0.4 is 5.32 Å². The maximum Gasteiger partial charge on any atom is 0.303 e. The van der Waals surface area contributed by atoms with E-state index in [4.69, 9.17) is 5.11 Å². The lowest BCUT2D eigenvalue weighted by Gasteiger charge is -2.18. The summed E-state index contributed by atoms with van der Waals surface area (Å²) in [5.74, 6) is -0.990. The highest BCUT2D eigenvalue weighted by Crippen LogP contribution is 2.16. The second-order valence-electron chi connectivity index (χ2n) is 6.32. The minimum atomic E-state index is -0.850. The van der Waals surface area contributed by atoms with Crippen LogP contribution in [0.3, 0.4) is 0 Å². The van der Waals surface area contributed by atoms with Gasteiger partial charge in [-0.1, -0.05) is 30.3 Å². The molecule has 2 aromatic rings. The molecule has 0 bridgehead atoms. The molecule has 0 spiro atoms. The molecule has 0 aliphatic heterocycles. The van der Waals surface area contributed by atoms with Crippen LogP contribution in [-0.2, 0) is 17.8 Å². The molecule has 5 heteroatoms. The van der Waals surface area contributed by atoms with Gasteiger partial charge in [-0.15, -0.1) is 0 Å². The quantitative estimate of drug-likeness (QED) is 0.773. The minimum Gasteiger partial charge on any atom is -0.481 e. The number of aromatic nitrogens is 1. The van der Waals surface area contributed by atoms with E-state index in [0.717, 1.165) is 23.5 Å². The zero-order valence-corrected chi connectivity index (χ0v) is 15.1. The summed E-state index contributed by atoms with van der Waals surface area (Å²) in [6.07, 6.45) is 1.06. The Bertz CT molecular complexity index is 735. The molecule has 1 heterocycles. The van der Waals surface area contributed by atoms with Crippen molar-refractivity contribution < 1.29 is 14.7 Å². The lowest BCUT2D eigenvalue weighted by Crippen LogP contribution is -2.37. The molecule has 0 fully saturated rings. The predicted molar refractivity (Wildman–Crippen MR) is 97.9 cm³/mol.